The van der Waals surface area contributed by atoms with E-state index in [1.807, 2.05) is 42.5 Å². The first kappa shape index (κ1) is 16.4. The van der Waals surface area contributed by atoms with Crippen molar-refractivity contribution in [3.05, 3.63) is 61.2 Å². The summed E-state index contributed by atoms with van der Waals surface area (Å²) >= 11 is 0. The molecule has 2 aromatic carbocycles. The summed E-state index contributed by atoms with van der Waals surface area (Å²) in [5.74, 6) is 1.22. The Balaban J connectivity index is 1.90. The molecule has 120 valence electrons. The van der Waals surface area contributed by atoms with Crippen LogP contribution in [0.5, 0.6) is 11.5 Å². The molecule has 0 aliphatic heterocycles. The maximum atomic E-state index is 12.0. The molecule has 0 aliphatic carbocycles. The van der Waals surface area contributed by atoms with Crippen molar-refractivity contribution in [1.82, 2.24) is 0 Å². The Kier molecular flexibility index (Phi) is 6.06. The summed E-state index contributed by atoms with van der Waals surface area (Å²) in [5, 5.41) is 5.87. The van der Waals surface area contributed by atoms with Crippen LogP contribution < -0.4 is 20.1 Å². The van der Waals surface area contributed by atoms with Gasteiger partial charge in [0.25, 0.3) is 0 Å². The summed E-state index contributed by atoms with van der Waals surface area (Å²) < 4.78 is 10.7. The number of hydrogen-bond acceptors (Lipinski definition) is 4. The molecule has 0 unspecified atom stereocenters. The summed E-state index contributed by atoms with van der Waals surface area (Å²) in [7, 11) is 1.59. The fourth-order valence-electron chi connectivity index (χ4n) is 1.99. The molecule has 1 amide bonds. The number of ether oxygens (including phenoxy) is 2. The predicted octanol–water partition coefficient (Wildman–Crippen LogP) is 3.31. The number of methoxy groups -OCH3 is 1. The SMILES string of the molecule is C=CCOc1cccc(NC(=O)CNc2ccccc2OC)c1. The van der Waals surface area contributed by atoms with E-state index in [1.165, 1.54) is 0 Å². The lowest BCUT2D eigenvalue weighted by molar-refractivity contribution is -0.114. The second kappa shape index (κ2) is 8.48. The van der Waals surface area contributed by atoms with E-state index >= 15 is 0 Å². The van der Waals surface area contributed by atoms with Crippen LogP contribution in [0.4, 0.5) is 11.4 Å². The smallest absolute Gasteiger partial charge is 0.243 e. The number of carbonyl (C=O) groups excluding carboxylic acids is 1. The van der Waals surface area contributed by atoms with E-state index < -0.39 is 0 Å². The number of hydrogen-bond donors (Lipinski definition) is 2. The van der Waals surface area contributed by atoms with Crippen LogP contribution in [0.3, 0.4) is 0 Å². The standard InChI is InChI=1S/C18H20N2O3/c1-3-11-23-15-8-6-7-14(12-15)20-18(21)13-19-16-9-4-5-10-17(16)22-2/h3-10,12,19H,1,11,13H2,2H3,(H,20,21). The summed E-state index contributed by atoms with van der Waals surface area (Å²) in [6, 6.07) is 14.7. The molecule has 23 heavy (non-hydrogen) atoms. The van der Waals surface area contributed by atoms with Crippen LogP contribution in [0.25, 0.3) is 0 Å². The van der Waals surface area contributed by atoms with E-state index in [1.54, 1.807) is 19.3 Å². The van der Waals surface area contributed by atoms with E-state index in [4.69, 9.17) is 9.47 Å². The number of nitrogens with one attached hydrogen (secondary N) is 2. The van der Waals surface area contributed by atoms with Gasteiger partial charge in [0.1, 0.15) is 18.1 Å². The highest BCUT2D eigenvalue weighted by Crippen LogP contribution is 2.22. The Morgan fingerprint density at radius 2 is 2.04 bits per heavy atom. The highest BCUT2D eigenvalue weighted by molar-refractivity contribution is 5.94. The molecular formula is C18H20N2O3. The number of benzene rings is 2. The average molecular weight is 312 g/mol. The third kappa shape index (κ3) is 5.07. The van der Waals surface area contributed by atoms with Crippen molar-refractivity contribution in [2.24, 2.45) is 0 Å². The van der Waals surface area contributed by atoms with Gasteiger partial charge in [0, 0.05) is 11.8 Å². The molecule has 0 heterocycles. The fraction of sp³-hybridized carbons (Fsp3) is 0.167. The summed E-state index contributed by atoms with van der Waals surface area (Å²) in [4.78, 5) is 12.0. The molecule has 0 saturated heterocycles. The lowest BCUT2D eigenvalue weighted by Crippen LogP contribution is -2.21. The molecule has 0 saturated carbocycles. The van der Waals surface area contributed by atoms with E-state index in [0.29, 0.717) is 23.8 Å². The normalized spacial score (nSPS) is 9.78. The monoisotopic (exact) mass is 312 g/mol. The van der Waals surface area contributed by atoms with Crippen molar-refractivity contribution in [2.45, 2.75) is 0 Å². The quantitative estimate of drug-likeness (QED) is 0.734. The second-order valence-corrected chi connectivity index (χ2v) is 4.73. The Labute approximate surface area is 135 Å². The third-order valence-electron chi connectivity index (χ3n) is 3.03. The van der Waals surface area contributed by atoms with Gasteiger partial charge in [-0.2, -0.15) is 0 Å². The van der Waals surface area contributed by atoms with Gasteiger partial charge in [0.2, 0.25) is 5.91 Å². The van der Waals surface area contributed by atoms with E-state index in [9.17, 15) is 4.79 Å². The highest BCUT2D eigenvalue weighted by Gasteiger charge is 2.06. The van der Waals surface area contributed by atoms with Crippen LogP contribution in [-0.2, 0) is 4.79 Å². The molecule has 0 aromatic heterocycles. The largest absolute Gasteiger partial charge is 0.495 e. The molecule has 0 aliphatic rings. The Bertz CT molecular complexity index is 671. The van der Waals surface area contributed by atoms with Crippen LogP contribution in [0, 0.1) is 0 Å². The molecule has 0 atom stereocenters. The maximum Gasteiger partial charge on any atom is 0.243 e. The number of amides is 1. The van der Waals surface area contributed by atoms with Gasteiger partial charge >= 0.3 is 0 Å². The van der Waals surface area contributed by atoms with Gasteiger partial charge in [0.05, 0.1) is 19.3 Å². The van der Waals surface area contributed by atoms with Gasteiger partial charge in [-0.3, -0.25) is 4.79 Å². The first-order chi connectivity index (χ1) is 11.2. The lowest BCUT2D eigenvalue weighted by atomic mass is 10.3. The van der Waals surface area contributed by atoms with Gasteiger partial charge in [-0.15, -0.1) is 0 Å². The lowest BCUT2D eigenvalue weighted by Gasteiger charge is -2.11. The maximum absolute atomic E-state index is 12.0. The molecule has 0 bridgehead atoms. The number of rotatable bonds is 8. The van der Waals surface area contributed by atoms with Crippen LogP contribution in [-0.4, -0.2) is 26.2 Å². The van der Waals surface area contributed by atoms with E-state index in [2.05, 4.69) is 17.2 Å². The number of carbonyl (C=O) groups is 1. The second-order valence-electron chi connectivity index (χ2n) is 4.73. The van der Waals surface area contributed by atoms with Gasteiger partial charge in [-0.1, -0.05) is 30.9 Å². The van der Waals surface area contributed by atoms with Crippen LogP contribution in [0.15, 0.2) is 61.2 Å². The van der Waals surface area contributed by atoms with Crippen molar-refractivity contribution < 1.29 is 14.3 Å². The van der Waals surface area contributed by atoms with Crippen LogP contribution in [0.2, 0.25) is 0 Å². The topological polar surface area (TPSA) is 59.6 Å². The van der Waals surface area contributed by atoms with E-state index in [0.717, 1.165) is 5.69 Å². The molecule has 5 heteroatoms. The van der Waals surface area contributed by atoms with Crippen molar-refractivity contribution in [1.29, 1.82) is 0 Å². The first-order valence-electron chi connectivity index (χ1n) is 7.23. The molecule has 5 nitrogen and oxygen atoms in total. The zero-order valence-corrected chi connectivity index (χ0v) is 13.0. The third-order valence-corrected chi connectivity index (χ3v) is 3.03. The van der Waals surface area contributed by atoms with Gasteiger partial charge in [-0.05, 0) is 24.3 Å². The number of para-hydroxylation sites is 2. The fourth-order valence-corrected chi connectivity index (χ4v) is 1.99. The van der Waals surface area contributed by atoms with Gasteiger partial charge < -0.3 is 20.1 Å². The molecule has 0 fully saturated rings. The van der Waals surface area contributed by atoms with Crippen LogP contribution >= 0.6 is 0 Å². The zero-order valence-electron chi connectivity index (χ0n) is 13.0. The Hall–Kier alpha value is -2.95. The van der Waals surface area contributed by atoms with Gasteiger partial charge in [0.15, 0.2) is 0 Å². The first-order valence-corrected chi connectivity index (χ1v) is 7.23. The minimum absolute atomic E-state index is 0.137. The minimum Gasteiger partial charge on any atom is -0.495 e. The Morgan fingerprint density at radius 1 is 1.22 bits per heavy atom. The van der Waals surface area contributed by atoms with Crippen molar-refractivity contribution in [3.8, 4) is 11.5 Å². The van der Waals surface area contributed by atoms with Crippen molar-refractivity contribution in [3.63, 3.8) is 0 Å². The van der Waals surface area contributed by atoms with Gasteiger partial charge in [-0.25, -0.2) is 0 Å². The molecular weight excluding hydrogens is 292 g/mol. The molecule has 2 rings (SSSR count). The summed E-state index contributed by atoms with van der Waals surface area (Å²) in [6.07, 6.45) is 1.67. The molecule has 0 radical (unpaired) electrons. The zero-order chi connectivity index (χ0) is 16.5. The summed E-state index contributed by atoms with van der Waals surface area (Å²) in [6.45, 7) is 4.16. The summed E-state index contributed by atoms with van der Waals surface area (Å²) in [5.41, 5.74) is 1.45. The molecule has 2 N–H and O–H groups in total. The van der Waals surface area contributed by atoms with Crippen LogP contribution in [0.1, 0.15) is 0 Å². The molecule has 2 aromatic rings. The number of anilines is 2. The molecule has 0 spiro atoms. The highest BCUT2D eigenvalue weighted by atomic mass is 16.5. The van der Waals surface area contributed by atoms with E-state index in [-0.39, 0.29) is 12.5 Å². The minimum atomic E-state index is -0.156. The van der Waals surface area contributed by atoms with Crippen molar-refractivity contribution >= 4 is 17.3 Å². The Morgan fingerprint density at radius 3 is 2.83 bits per heavy atom. The predicted molar refractivity (Wildman–Crippen MR) is 92.2 cm³/mol. The van der Waals surface area contributed by atoms with Crippen molar-refractivity contribution in [2.75, 3.05) is 30.9 Å². The average Bonchev–Trinajstić information content (AvgIpc) is 2.58.